The number of nitrogens with zero attached hydrogens (tertiary/aromatic N) is 1. The molecule has 0 aliphatic heterocycles. The maximum Gasteiger partial charge on any atom is 0.387 e. The summed E-state index contributed by atoms with van der Waals surface area (Å²) in [6, 6.07) is 3.96. The Kier molecular flexibility index (Phi) is 7.18. The van der Waals surface area contributed by atoms with Crippen LogP contribution in [0.5, 0.6) is 11.5 Å². The Labute approximate surface area is 163 Å². The molecular formula is C17H16Cl2F2N2O4. The molecule has 1 aliphatic rings. The number of rotatable bonds is 7. The number of carbonyl (C=O) groups is 1. The van der Waals surface area contributed by atoms with Gasteiger partial charge in [-0.1, -0.05) is 23.2 Å². The predicted octanol–water partition coefficient (Wildman–Crippen LogP) is 4.21. The average molecular weight is 421 g/mol. The summed E-state index contributed by atoms with van der Waals surface area (Å²) in [7, 11) is 0. The Balaban J connectivity index is 0.00000261. The molecule has 3 N–H and O–H groups in total. The summed E-state index contributed by atoms with van der Waals surface area (Å²) < 4.78 is 35.1. The van der Waals surface area contributed by atoms with E-state index in [1.54, 1.807) is 0 Å². The molecule has 0 unspecified atom stereocenters. The van der Waals surface area contributed by atoms with E-state index in [4.69, 9.17) is 27.9 Å². The molecule has 3 rings (SSSR count). The smallest absolute Gasteiger partial charge is 0.387 e. The van der Waals surface area contributed by atoms with Crippen molar-refractivity contribution in [3.05, 3.63) is 46.2 Å². The zero-order valence-electron chi connectivity index (χ0n) is 13.8. The second kappa shape index (κ2) is 9.16. The van der Waals surface area contributed by atoms with E-state index in [0.717, 1.165) is 12.8 Å². The summed E-state index contributed by atoms with van der Waals surface area (Å²) in [5, 5.41) is 2.92. The summed E-state index contributed by atoms with van der Waals surface area (Å²) in [6.45, 7) is -2.61. The van der Waals surface area contributed by atoms with E-state index in [1.807, 2.05) is 0 Å². The lowest BCUT2D eigenvalue weighted by Crippen LogP contribution is -2.14. The van der Waals surface area contributed by atoms with Gasteiger partial charge in [-0.05, 0) is 37.0 Å². The first-order chi connectivity index (χ1) is 12.4. The SMILES string of the molecule is O.O=C(Nc1c(Cl)cncc1Cl)c1ccc(OC(F)F)c(OCC2CC2)c1. The van der Waals surface area contributed by atoms with Crippen molar-refractivity contribution in [3.63, 3.8) is 0 Å². The van der Waals surface area contributed by atoms with Crippen LogP contribution < -0.4 is 14.8 Å². The van der Waals surface area contributed by atoms with Crippen LogP contribution in [0.2, 0.25) is 10.0 Å². The number of ether oxygens (including phenoxy) is 2. The van der Waals surface area contributed by atoms with Gasteiger partial charge in [-0.2, -0.15) is 8.78 Å². The molecule has 0 radical (unpaired) electrons. The van der Waals surface area contributed by atoms with Gasteiger partial charge in [0.2, 0.25) is 0 Å². The first-order valence-electron chi connectivity index (χ1n) is 7.76. The number of alkyl halides is 2. The molecule has 1 aromatic carbocycles. The summed E-state index contributed by atoms with van der Waals surface area (Å²) >= 11 is 12.0. The van der Waals surface area contributed by atoms with E-state index >= 15 is 0 Å². The minimum atomic E-state index is -2.99. The molecule has 146 valence electrons. The average Bonchev–Trinajstić information content (AvgIpc) is 3.41. The molecule has 1 aromatic heterocycles. The molecule has 10 heteroatoms. The maximum atomic E-state index is 12.6. The molecule has 6 nitrogen and oxygen atoms in total. The number of amides is 1. The Bertz CT molecular complexity index is 799. The van der Waals surface area contributed by atoms with Crippen LogP contribution in [-0.2, 0) is 0 Å². The van der Waals surface area contributed by atoms with Gasteiger partial charge in [-0.25, -0.2) is 0 Å². The third kappa shape index (κ3) is 5.66. The number of aromatic nitrogens is 1. The van der Waals surface area contributed by atoms with Crippen LogP contribution in [0.15, 0.2) is 30.6 Å². The standard InChI is InChI=1S/C17H14Cl2F2N2O3.H2O/c18-11-6-22-7-12(19)15(11)23-16(24)10-3-4-13(26-17(20)21)14(5-10)25-8-9-1-2-9;/h3-7,9,17H,1-2,8H2,(H,22,23,24);1H2. The molecule has 1 heterocycles. The lowest BCUT2D eigenvalue weighted by molar-refractivity contribution is -0.0515. The van der Waals surface area contributed by atoms with E-state index in [2.05, 4.69) is 15.0 Å². The highest BCUT2D eigenvalue weighted by Crippen LogP contribution is 2.35. The highest BCUT2D eigenvalue weighted by Gasteiger charge is 2.23. The molecule has 1 amide bonds. The maximum absolute atomic E-state index is 12.6. The van der Waals surface area contributed by atoms with Gasteiger partial charge >= 0.3 is 6.61 Å². The topological polar surface area (TPSA) is 92.0 Å². The normalized spacial score (nSPS) is 13.1. The van der Waals surface area contributed by atoms with E-state index in [0.29, 0.717) is 12.5 Å². The van der Waals surface area contributed by atoms with Gasteiger partial charge in [0.1, 0.15) is 0 Å². The molecule has 1 saturated carbocycles. The third-order valence-corrected chi connectivity index (χ3v) is 4.26. The van der Waals surface area contributed by atoms with Crippen molar-refractivity contribution in [2.24, 2.45) is 5.92 Å². The number of hydrogen-bond acceptors (Lipinski definition) is 4. The first kappa shape index (κ1) is 21.1. The summed E-state index contributed by atoms with van der Waals surface area (Å²) in [5.41, 5.74) is 0.392. The van der Waals surface area contributed by atoms with Crippen molar-refractivity contribution >= 4 is 34.8 Å². The van der Waals surface area contributed by atoms with Crippen molar-refractivity contribution in [1.29, 1.82) is 0 Å². The molecule has 0 atom stereocenters. The zero-order valence-corrected chi connectivity index (χ0v) is 15.4. The van der Waals surface area contributed by atoms with Gasteiger partial charge in [-0.15, -0.1) is 0 Å². The van der Waals surface area contributed by atoms with Crippen LogP contribution in [0.1, 0.15) is 23.2 Å². The second-order valence-electron chi connectivity index (χ2n) is 5.73. The Morgan fingerprint density at radius 3 is 2.48 bits per heavy atom. The number of carbonyl (C=O) groups excluding carboxylic acids is 1. The van der Waals surface area contributed by atoms with Gasteiger partial charge in [0, 0.05) is 18.0 Å². The Morgan fingerprint density at radius 2 is 1.89 bits per heavy atom. The molecular weight excluding hydrogens is 405 g/mol. The highest BCUT2D eigenvalue weighted by molar-refractivity contribution is 6.39. The van der Waals surface area contributed by atoms with Crippen LogP contribution in [0.4, 0.5) is 14.5 Å². The van der Waals surface area contributed by atoms with E-state index < -0.39 is 12.5 Å². The summed E-state index contributed by atoms with van der Waals surface area (Å²) in [6.07, 6.45) is 4.74. The monoisotopic (exact) mass is 420 g/mol. The van der Waals surface area contributed by atoms with Crippen LogP contribution >= 0.6 is 23.2 Å². The molecule has 2 aromatic rings. The molecule has 1 fully saturated rings. The zero-order chi connectivity index (χ0) is 18.7. The molecule has 0 spiro atoms. The van der Waals surface area contributed by atoms with Crippen LogP contribution in [0.3, 0.4) is 0 Å². The van der Waals surface area contributed by atoms with Crippen molar-refractivity contribution in [3.8, 4) is 11.5 Å². The fourth-order valence-corrected chi connectivity index (χ4v) is 2.62. The van der Waals surface area contributed by atoms with Crippen molar-refractivity contribution in [2.45, 2.75) is 19.5 Å². The lowest BCUT2D eigenvalue weighted by Gasteiger charge is -2.14. The van der Waals surface area contributed by atoms with E-state index in [-0.39, 0.29) is 38.3 Å². The summed E-state index contributed by atoms with van der Waals surface area (Å²) in [4.78, 5) is 16.3. The molecule has 27 heavy (non-hydrogen) atoms. The quantitative estimate of drug-likeness (QED) is 0.725. The largest absolute Gasteiger partial charge is 0.489 e. The number of halogens is 4. The number of pyridine rings is 1. The predicted molar refractivity (Wildman–Crippen MR) is 97.1 cm³/mol. The fourth-order valence-electron chi connectivity index (χ4n) is 2.16. The van der Waals surface area contributed by atoms with Crippen molar-refractivity contribution < 1.29 is 28.5 Å². The Morgan fingerprint density at radius 1 is 1.22 bits per heavy atom. The van der Waals surface area contributed by atoms with Gasteiger partial charge < -0.3 is 20.3 Å². The van der Waals surface area contributed by atoms with E-state index in [1.165, 1.54) is 30.6 Å². The number of hydrogen-bond donors (Lipinski definition) is 1. The second-order valence-corrected chi connectivity index (χ2v) is 6.54. The molecule has 1 aliphatic carbocycles. The number of nitrogens with one attached hydrogen (secondary N) is 1. The number of anilines is 1. The van der Waals surface area contributed by atoms with E-state index in [9.17, 15) is 13.6 Å². The lowest BCUT2D eigenvalue weighted by atomic mass is 10.2. The highest BCUT2D eigenvalue weighted by atomic mass is 35.5. The third-order valence-electron chi connectivity index (χ3n) is 3.69. The van der Waals surface area contributed by atoms with Gasteiger partial charge in [0.25, 0.3) is 5.91 Å². The number of benzene rings is 1. The minimum absolute atomic E-state index is 0. The molecule has 0 bridgehead atoms. The van der Waals surface area contributed by atoms with Crippen LogP contribution in [0.25, 0.3) is 0 Å². The molecule has 0 saturated heterocycles. The van der Waals surface area contributed by atoms with Crippen LogP contribution in [0, 0.1) is 5.92 Å². The van der Waals surface area contributed by atoms with Crippen LogP contribution in [-0.4, -0.2) is 29.6 Å². The summed E-state index contributed by atoms with van der Waals surface area (Å²) in [5.74, 6) is -0.171. The van der Waals surface area contributed by atoms with Gasteiger partial charge in [0.15, 0.2) is 11.5 Å². The van der Waals surface area contributed by atoms with Crippen molar-refractivity contribution in [2.75, 3.05) is 11.9 Å². The van der Waals surface area contributed by atoms with Gasteiger partial charge in [-0.3, -0.25) is 9.78 Å². The first-order valence-corrected chi connectivity index (χ1v) is 8.51. The van der Waals surface area contributed by atoms with Gasteiger partial charge in [0.05, 0.1) is 22.3 Å². The van der Waals surface area contributed by atoms with Crippen molar-refractivity contribution in [1.82, 2.24) is 4.98 Å². The minimum Gasteiger partial charge on any atom is -0.489 e. The fraction of sp³-hybridized carbons (Fsp3) is 0.294. The Hall–Kier alpha value is -2.16.